The summed E-state index contributed by atoms with van der Waals surface area (Å²) in [6.07, 6.45) is 3.74. The highest BCUT2D eigenvalue weighted by Gasteiger charge is 2.32. The van der Waals surface area contributed by atoms with Gasteiger partial charge >= 0.3 is 5.97 Å². The number of carbonyl (C=O) groups excluding carboxylic acids is 2. The van der Waals surface area contributed by atoms with Gasteiger partial charge in [-0.15, -0.1) is 0 Å². The summed E-state index contributed by atoms with van der Waals surface area (Å²) in [5.74, 6) is -0.460. The molecule has 1 fully saturated rings. The summed E-state index contributed by atoms with van der Waals surface area (Å²) in [6, 6.07) is 13.1. The average molecular weight is 489 g/mol. The molecular formula is C24H28N2O7S. The van der Waals surface area contributed by atoms with E-state index in [-0.39, 0.29) is 23.2 Å². The first-order valence-electron chi connectivity index (χ1n) is 11.3. The number of ether oxygens (including phenoxy) is 3. The molecule has 1 N–H and O–H groups in total. The van der Waals surface area contributed by atoms with Gasteiger partial charge in [-0.2, -0.15) is 4.31 Å². The normalized spacial score (nSPS) is 18.4. The van der Waals surface area contributed by atoms with Gasteiger partial charge in [0, 0.05) is 13.1 Å². The van der Waals surface area contributed by atoms with E-state index in [0.29, 0.717) is 11.5 Å². The van der Waals surface area contributed by atoms with E-state index >= 15 is 0 Å². The molecule has 1 saturated carbocycles. The molecule has 2 aromatic carbocycles. The summed E-state index contributed by atoms with van der Waals surface area (Å²) in [5, 5.41) is 2.55. The predicted molar refractivity (Wildman–Crippen MR) is 124 cm³/mol. The second-order valence-electron chi connectivity index (χ2n) is 8.33. The highest BCUT2D eigenvalue weighted by atomic mass is 32.2. The summed E-state index contributed by atoms with van der Waals surface area (Å²) in [7, 11) is -2.24. The molecule has 1 aliphatic carbocycles. The number of fused-ring (bicyclic) bond motifs is 1. The first-order chi connectivity index (χ1) is 16.4. The number of hydrogen-bond donors (Lipinski definition) is 1. The number of hydrogen-bond acceptors (Lipinski definition) is 7. The van der Waals surface area contributed by atoms with Gasteiger partial charge in [-0.05, 0) is 37.1 Å². The summed E-state index contributed by atoms with van der Waals surface area (Å²) in [6.45, 7) is -0.626. The number of benzene rings is 2. The van der Waals surface area contributed by atoms with Crippen molar-refractivity contribution < 1.29 is 32.2 Å². The summed E-state index contributed by atoms with van der Waals surface area (Å²) in [4.78, 5) is 24.8. The van der Waals surface area contributed by atoms with Crippen LogP contribution in [-0.4, -0.2) is 57.0 Å². The van der Waals surface area contributed by atoms with Crippen LogP contribution in [0.4, 0.5) is 5.69 Å². The molecule has 1 heterocycles. The van der Waals surface area contributed by atoms with Crippen LogP contribution in [0.3, 0.4) is 0 Å². The number of nitrogens with one attached hydrogen (secondary N) is 1. The van der Waals surface area contributed by atoms with E-state index in [0.717, 1.165) is 32.1 Å². The maximum atomic E-state index is 13.3. The lowest BCUT2D eigenvalue weighted by Crippen LogP contribution is -2.39. The minimum absolute atomic E-state index is 0.00312. The Kier molecular flexibility index (Phi) is 7.38. The van der Waals surface area contributed by atoms with Gasteiger partial charge in [-0.1, -0.05) is 43.5 Å². The van der Waals surface area contributed by atoms with E-state index in [2.05, 4.69) is 5.32 Å². The largest absolute Gasteiger partial charge is 0.485 e. The second kappa shape index (κ2) is 10.4. The Balaban J connectivity index is 1.37. The van der Waals surface area contributed by atoms with Gasteiger partial charge in [0.15, 0.2) is 18.1 Å². The van der Waals surface area contributed by atoms with E-state index in [1.807, 2.05) is 0 Å². The first-order valence-corrected chi connectivity index (χ1v) is 12.7. The SMILES string of the molecule is CN(C1CCCCC1)S(=O)(=O)c1ccccc1NC(=O)COC(=O)C1COc2ccccc2O1. The van der Waals surface area contributed by atoms with Crippen molar-refractivity contribution in [3.63, 3.8) is 0 Å². The van der Waals surface area contributed by atoms with Crippen LogP contribution in [0.1, 0.15) is 32.1 Å². The highest BCUT2D eigenvalue weighted by Crippen LogP contribution is 2.31. The molecule has 0 bridgehead atoms. The lowest BCUT2D eigenvalue weighted by molar-refractivity contribution is -0.156. The number of para-hydroxylation sites is 3. The van der Waals surface area contributed by atoms with Gasteiger partial charge in [-0.3, -0.25) is 4.79 Å². The van der Waals surface area contributed by atoms with Crippen molar-refractivity contribution >= 4 is 27.6 Å². The fraction of sp³-hybridized carbons (Fsp3) is 0.417. The predicted octanol–water partition coefficient (Wildman–Crippen LogP) is 2.96. The van der Waals surface area contributed by atoms with E-state index < -0.39 is 34.6 Å². The maximum absolute atomic E-state index is 13.3. The van der Waals surface area contributed by atoms with Crippen molar-refractivity contribution in [2.75, 3.05) is 25.6 Å². The Morgan fingerprint density at radius 2 is 1.71 bits per heavy atom. The van der Waals surface area contributed by atoms with E-state index in [9.17, 15) is 18.0 Å². The van der Waals surface area contributed by atoms with Crippen LogP contribution in [0, 0.1) is 0 Å². The van der Waals surface area contributed by atoms with Crippen molar-refractivity contribution in [3.8, 4) is 11.5 Å². The molecular weight excluding hydrogens is 460 g/mol. The molecule has 0 spiro atoms. The van der Waals surface area contributed by atoms with Crippen molar-refractivity contribution in [2.45, 2.75) is 49.1 Å². The fourth-order valence-electron chi connectivity index (χ4n) is 4.14. The molecule has 10 heteroatoms. The van der Waals surface area contributed by atoms with Gasteiger partial charge in [0.25, 0.3) is 5.91 Å². The van der Waals surface area contributed by atoms with E-state index in [1.165, 1.54) is 16.4 Å². The van der Waals surface area contributed by atoms with Crippen molar-refractivity contribution in [1.29, 1.82) is 0 Å². The number of carbonyl (C=O) groups is 2. The number of esters is 1. The van der Waals surface area contributed by atoms with Gasteiger partial charge in [-0.25, -0.2) is 13.2 Å². The van der Waals surface area contributed by atoms with Crippen LogP contribution in [0.25, 0.3) is 0 Å². The molecule has 0 saturated heterocycles. The lowest BCUT2D eigenvalue weighted by atomic mass is 9.96. The lowest BCUT2D eigenvalue weighted by Gasteiger charge is -2.30. The van der Waals surface area contributed by atoms with Crippen molar-refractivity contribution in [2.24, 2.45) is 0 Å². The highest BCUT2D eigenvalue weighted by molar-refractivity contribution is 7.89. The third kappa shape index (κ3) is 5.34. The maximum Gasteiger partial charge on any atom is 0.351 e. The molecule has 1 amide bonds. The van der Waals surface area contributed by atoms with Crippen molar-refractivity contribution in [1.82, 2.24) is 4.31 Å². The summed E-state index contributed by atoms with van der Waals surface area (Å²) < 4.78 is 44.1. The van der Waals surface area contributed by atoms with Gasteiger partial charge in [0.05, 0.1) is 5.69 Å². The van der Waals surface area contributed by atoms with E-state index in [4.69, 9.17) is 14.2 Å². The summed E-state index contributed by atoms with van der Waals surface area (Å²) in [5.41, 5.74) is 0.136. The molecule has 0 radical (unpaired) electrons. The Morgan fingerprint density at radius 3 is 2.47 bits per heavy atom. The Bertz CT molecular complexity index is 1150. The van der Waals surface area contributed by atoms with E-state index in [1.54, 1.807) is 43.4 Å². The molecule has 1 aliphatic heterocycles. The second-order valence-corrected chi connectivity index (χ2v) is 10.3. The molecule has 1 atom stereocenters. The zero-order valence-corrected chi connectivity index (χ0v) is 19.8. The summed E-state index contributed by atoms with van der Waals surface area (Å²) >= 11 is 0. The molecule has 2 aliphatic rings. The monoisotopic (exact) mass is 488 g/mol. The quantitative estimate of drug-likeness (QED) is 0.597. The topological polar surface area (TPSA) is 111 Å². The molecule has 1 unspecified atom stereocenters. The average Bonchev–Trinajstić information content (AvgIpc) is 2.87. The molecule has 182 valence electrons. The fourth-order valence-corrected chi connectivity index (χ4v) is 5.70. The molecule has 34 heavy (non-hydrogen) atoms. The van der Waals surface area contributed by atoms with Crippen LogP contribution in [0.2, 0.25) is 0 Å². The number of sulfonamides is 1. The minimum Gasteiger partial charge on any atom is -0.485 e. The Morgan fingerprint density at radius 1 is 1.03 bits per heavy atom. The standard InChI is InChI=1S/C24H28N2O7S/c1-26(17-9-3-2-4-10-17)34(29,30)22-14-8-5-11-18(22)25-23(27)16-32-24(28)21-15-31-19-12-6-7-13-20(19)33-21/h5-8,11-14,17,21H,2-4,9-10,15-16H2,1H3,(H,25,27). The van der Waals surface area contributed by atoms with Crippen LogP contribution in [-0.2, 0) is 24.3 Å². The zero-order chi connectivity index (χ0) is 24.1. The van der Waals surface area contributed by atoms with Crippen molar-refractivity contribution in [3.05, 3.63) is 48.5 Å². The zero-order valence-electron chi connectivity index (χ0n) is 18.9. The molecule has 4 rings (SSSR count). The Hall–Kier alpha value is -3.11. The smallest absolute Gasteiger partial charge is 0.351 e. The number of anilines is 1. The number of rotatable bonds is 7. The Labute approximate surface area is 199 Å². The minimum atomic E-state index is -3.82. The molecule has 9 nitrogen and oxygen atoms in total. The third-order valence-corrected chi connectivity index (χ3v) is 7.99. The van der Waals surface area contributed by atoms with Crippen LogP contribution in [0.5, 0.6) is 11.5 Å². The molecule has 0 aromatic heterocycles. The first kappa shape index (κ1) is 24.0. The van der Waals surface area contributed by atoms with Gasteiger partial charge < -0.3 is 19.5 Å². The van der Waals surface area contributed by atoms with Crippen LogP contribution < -0.4 is 14.8 Å². The van der Waals surface area contributed by atoms with Gasteiger partial charge in [0.1, 0.15) is 11.5 Å². The number of amides is 1. The van der Waals surface area contributed by atoms with Gasteiger partial charge in [0.2, 0.25) is 16.1 Å². The third-order valence-electron chi connectivity index (χ3n) is 6.02. The molecule has 2 aromatic rings. The van der Waals surface area contributed by atoms with Crippen LogP contribution >= 0.6 is 0 Å². The van der Waals surface area contributed by atoms with Crippen LogP contribution in [0.15, 0.2) is 53.4 Å². The number of nitrogens with zero attached hydrogens (tertiary/aromatic N) is 1.